The fourth-order valence-corrected chi connectivity index (χ4v) is 2.01. The van der Waals surface area contributed by atoms with E-state index < -0.39 is 0 Å². The molecule has 0 aliphatic carbocycles. The molecule has 0 bridgehead atoms. The van der Waals surface area contributed by atoms with Crippen LogP contribution in [0.1, 0.15) is 33.3 Å². The predicted octanol–water partition coefficient (Wildman–Crippen LogP) is 2.27. The molecule has 0 radical (unpaired) electrons. The predicted molar refractivity (Wildman–Crippen MR) is 75.0 cm³/mol. The highest BCUT2D eigenvalue weighted by atomic mass is 16.2. The maximum absolute atomic E-state index is 12.2. The van der Waals surface area contributed by atoms with Crippen LogP contribution < -0.4 is 11.1 Å². The topological polar surface area (TPSA) is 55.1 Å². The summed E-state index contributed by atoms with van der Waals surface area (Å²) in [6, 6.07) is 9.97. The van der Waals surface area contributed by atoms with Crippen LogP contribution in [-0.2, 0) is 10.3 Å². The van der Waals surface area contributed by atoms with Gasteiger partial charge in [0.25, 0.3) is 0 Å². The summed E-state index contributed by atoms with van der Waals surface area (Å²) in [5, 5.41) is 3.09. The molecule has 1 amide bonds. The van der Waals surface area contributed by atoms with Crippen molar-refractivity contribution in [3.05, 3.63) is 35.9 Å². The van der Waals surface area contributed by atoms with Crippen molar-refractivity contribution < 1.29 is 4.79 Å². The van der Waals surface area contributed by atoms with Gasteiger partial charge in [-0.1, -0.05) is 44.2 Å². The van der Waals surface area contributed by atoms with Crippen molar-refractivity contribution >= 4 is 5.91 Å². The van der Waals surface area contributed by atoms with E-state index in [0.717, 1.165) is 5.56 Å². The van der Waals surface area contributed by atoms with Crippen molar-refractivity contribution in [3.63, 3.8) is 0 Å². The molecule has 3 heteroatoms. The van der Waals surface area contributed by atoms with Crippen LogP contribution in [0.2, 0.25) is 0 Å². The van der Waals surface area contributed by atoms with Gasteiger partial charge in [0.2, 0.25) is 5.91 Å². The van der Waals surface area contributed by atoms with Crippen LogP contribution in [0.25, 0.3) is 0 Å². The number of benzene rings is 1. The van der Waals surface area contributed by atoms with E-state index in [1.807, 2.05) is 58.0 Å². The summed E-state index contributed by atoms with van der Waals surface area (Å²) in [6.45, 7) is 8.44. The van der Waals surface area contributed by atoms with E-state index in [-0.39, 0.29) is 23.3 Å². The minimum absolute atomic E-state index is 0.0290. The molecule has 18 heavy (non-hydrogen) atoms. The second-order valence-electron chi connectivity index (χ2n) is 5.57. The monoisotopic (exact) mass is 248 g/mol. The molecule has 1 aromatic rings. The minimum atomic E-state index is -0.374. The number of hydrogen-bond acceptors (Lipinski definition) is 2. The lowest BCUT2D eigenvalue weighted by atomic mass is 9.90. The largest absolute Gasteiger partial charge is 0.347 e. The molecule has 1 aromatic carbocycles. The smallest absolute Gasteiger partial charge is 0.225 e. The van der Waals surface area contributed by atoms with Gasteiger partial charge in [-0.2, -0.15) is 0 Å². The summed E-state index contributed by atoms with van der Waals surface area (Å²) < 4.78 is 0. The normalized spacial score (nSPS) is 13.4. The Morgan fingerprint density at radius 1 is 1.28 bits per heavy atom. The molecule has 3 N–H and O–H groups in total. The average molecular weight is 248 g/mol. The van der Waals surface area contributed by atoms with Crippen LogP contribution in [0, 0.1) is 11.8 Å². The lowest BCUT2D eigenvalue weighted by Gasteiger charge is -2.30. The molecule has 0 aliphatic heterocycles. The first-order valence-electron chi connectivity index (χ1n) is 6.46. The van der Waals surface area contributed by atoms with Gasteiger partial charge >= 0.3 is 0 Å². The summed E-state index contributed by atoms with van der Waals surface area (Å²) in [5.41, 5.74) is 6.39. The van der Waals surface area contributed by atoms with Gasteiger partial charge in [-0.15, -0.1) is 0 Å². The molecular weight excluding hydrogens is 224 g/mol. The van der Waals surface area contributed by atoms with Crippen molar-refractivity contribution in [2.75, 3.05) is 6.54 Å². The molecular formula is C15H24N2O. The van der Waals surface area contributed by atoms with Gasteiger partial charge in [0.15, 0.2) is 0 Å². The van der Waals surface area contributed by atoms with Crippen LogP contribution >= 0.6 is 0 Å². The Kier molecular flexibility index (Phi) is 4.91. The third kappa shape index (κ3) is 3.57. The number of nitrogens with two attached hydrogens (primary N) is 1. The van der Waals surface area contributed by atoms with Crippen molar-refractivity contribution in [2.45, 2.75) is 33.2 Å². The van der Waals surface area contributed by atoms with Crippen molar-refractivity contribution in [3.8, 4) is 0 Å². The van der Waals surface area contributed by atoms with Gasteiger partial charge in [-0.3, -0.25) is 4.79 Å². The molecule has 0 fully saturated rings. The third-order valence-electron chi connectivity index (χ3n) is 3.33. The standard InChI is InChI=1S/C15H24N2O/c1-11(2)13(10-16)14(18)17-15(3,4)12-8-6-5-7-9-12/h5-9,11,13H,10,16H2,1-4H3,(H,17,18). The lowest BCUT2D eigenvalue weighted by molar-refractivity contribution is -0.127. The fourth-order valence-electron chi connectivity index (χ4n) is 2.01. The number of carbonyl (C=O) groups excluding carboxylic acids is 1. The summed E-state index contributed by atoms with van der Waals surface area (Å²) in [4.78, 5) is 12.2. The van der Waals surface area contributed by atoms with Gasteiger partial charge in [-0.05, 0) is 25.3 Å². The second kappa shape index (κ2) is 6.01. The molecule has 1 atom stereocenters. The molecule has 1 rings (SSSR count). The molecule has 0 saturated heterocycles. The van der Waals surface area contributed by atoms with Gasteiger partial charge in [-0.25, -0.2) is 0 Å². The summed E-state index contributed by atoms with van der Waals surface area (Å²) in [6.07, 6.45) is 0. The lowest BCUT2D eigenvalue weighted by Crippen LogP contribution is -2.47. The molecule has 0 aliphatic rings. The number of carbonyl (C=O) groups is 1. The van der Waals surface area contributed by atoms with E-state index in [1.54, 1.807) is 0 Å². The van der Waals surface area contributed by atoms with Crippen molar-refractivity contribution in [2.24, 2.45) is 17.6 Å². The summed E-state index contributed by atoms with van der Waals surface area (Å²) in [5.74, 6) is 0.149. The Morgan fingerprint density at radius 2 is 1.83 bits per heavy atom. The first-order chi connectivity index (χ1) is 8.38. The van der Waals surface area contributed by atoms with E-state index in [1.165, 1.54) is 0 Å². The van der Waals surface area contributed by atoms with Crippen LogP contribution in [0.15, 0.2) is 30.3 Å². The van der Waals surface area contributed by atoms with Gasteiger partial charge < -0.3 is 11.1 Å². The van der Waals surface area contributed by atoms with E-state index in [4.69, 9.17) is 5.73 Å². The van der Waals surface area contributed by atoms with Crippen molar-refractivity contribution in [1.82, 2.24) is 5.32 Å². The molecule has 0 spiro atoms. The summed E-state index contributed by atoms with van der Waals surface area (Å²) >= 11 is 0. The third-order valence-corrected chi connectivity index (χ3v) is 3.33. The number of rotatable bonds is 5. The highest BCUT2D eigenvalue weighted by molar-refractivity contribution is 5.80. The Labute approximate surface area is 110 Å². The molecule has 100 valence electrons. The van der Waals surface area contributed by atoms with Gasteiger partial charge in [0.1, 0.15) is 0 Å². The summed E-state index contributed by atoms with van der Waals surface area (Å²) in [7, 11) is 0. The average Bonchev–Trinajstić information content (AvgIpc) is 2.29. The first kappa shape index (κ1) is 14.7. The number of amides is 1. The SMILES string of the molecule is CC(C)C(CN)C(=O)NC(C)(C)c1ccccc1. The quantitative estimate of drug-likeness (QED) is 0.840. The first-order valence-corrected chi connectivity index (χ1v) is 6.46. The second-order valence-corrected chi connectivity index (χ2v) is 5.57. The number of hydrogen-bond donors (Lipinski definition) is 2. The Morgan fingerprint density at radius 3 is 2.28 bits per heavy atom. The highest BCUT2D eigenvalue weighted by Crippen LogP contribution is 2.21. The van der Waals surface area contributed by atoms with Crippen LogP contribution in [0.5, 0.6) is 0 Å². The maximum atomic E-state index is 12.2. The Hall–Kier alpha value is -1.35. The Bertz CT molecular complexity index is 385. The van der Waals surface area contributed by atoms with E-state index in [2.05, 4.69) is 5.32 Å². The van der Waals surface area contributed by atoms with Gasteiger partial charge in [0, 0.05) is 6.54 Å². The number of nitrogens with one attached hydrogen (secondary N) is 1. The van der Waals surface area contributed by atoms with E-state index >= 15 is 0 Å². The van der Waals surface area contributed by atoms with E-state index in [9.17, 15) is 4.79 Å². The molecule has 0 heterocycles. The molecule has 3 nitrogen and oxygen atoms in total. The maximum Gasteiger partial charge on any atom is 0.225 e. The zero-order valence-electron chi connectivity index (χ0n) is 11.7. The molecule has 0 aromatic heterocycles. The zero-order valence-corrected chi connectivity index (χ0v) is 11.7. The highest BCUT2D eigenvalue weighted by Gasteiger charge is 2.27. The Balaban J connectivity index is 2.80. The van der Waals surface area contributed by atoms with E-state index in [0.29, 0.717) is 6.54 Å². The fraction of sp³-hybridized carbons (Fsp3) is 0.533. The van der Waals surface area contributed by atoms with Crippen LogP contribution in [-0.4, -0.2) is 12.5 Å². The van der Waals surface area contributed by atoms with Crippen molar-refractivity contribution in [1.29, 1.82) is 0 Å². The minimum Gasteiger partial charge on any atom is -0.347 e. The zero-order chi connectivity index (χ0) is 13.8. The molecule has 0 saturated carbocycles. The van der Waals surface area contributed by atoms with Gasteiger partial charge in [0.05, 0.1) is 11.5 Å². The molecule has 1 unspecified atom stereocenters. The van der Waals surface area contributed by atoms with Crippen LogP contribution in [0.4, 0.5) is 0 Å². The van der Waals surface area contributed by atoms with Crippen LogP contribution in [0.3, 0.4) is 0 Å².